The summed E-state index contributed by atoms with van der Waals surface area (Å²) in [4.78, 5) is 23.5. The summed E-state index contributed by atoms with van der Waals surface area (Å²) in [6, 6.07) is 17.1. The fourth-order valence-corrected chi connectivity index (χ4v) is 2.25. The summed E-state index contributed by atoms with van der Waals surface area (Å²) in [6.07, 6.45) is 6.30. The van der Waals surface area contributed by atoms with Gasteiger partial charge < -0.3 is 10.1 Å². The standard InChI is InChI=1S/C21H23NO3/c1-2-3-7-18-10-13-19(14-11-18)22-20(23)16-25-21(24)15-12-17-8-5-4-6-9-17/h4-6,8-15H,2-3,7,16H2,1H3,(H,22,23). The van der Waals surface area contributed by atoms with Gasteiger partial charge in [-0.3, -0.25) is 4.79 Å². The molecule has 0 bridgehead atoms. The van der Waals surface area contributed by atoms with Crippen molar-refractivity contribution in [1.29, 1.82) is 0 Å². The number of rotatable bonds is 8. The van der Waals surface area contributed by atoms with E-state index in [1.807, 2.05) is 54.6 Å². The predicted octanol–water partition coefficient (Wildman–Crippen LogP) is 4.22. The van der Waals surface area contributed by atoms with Gasteiger partial charge in [0.1, 0.15) is 0 Å². The Hall–Kier alpha value is -2.88. The third-order valence-corrected chi connectivity index (χ3v) is 3.61. The van der Waals surface area contributed by atoms with Crippen LogP contribution in [0.2, 0.25) is 0 Å². The lowest BCUT2D eigenvalue weighted by Crippen LogP contribution is -2.20. The van der Waals surface area contributed by atoms with E-state index in [-0.39, 0.29) is 12.5 Å². The van der Waals surface area contributed by atoms with Crippen molar-refractivity contribution in [2.24, 2.45) is 0 Å². The molecular weight excluding hydrogens is 314 g/mol. The number of esters is 1. The van der Waals surface area contributed by atoms with Gasteiger partial charge in [0.2, 0.25) is 0 Å². The minimum absolute atomic E-state index is 0.310. The second-order valence-corrected chi connectivity index (χ2v) is 5.70. The number of carbonyl (C=O) groups excluding carboxylic acids is 2. The van der Waals surface area contributed by atoms with E-state index < -0.39 is 5.97 Å². The zero-order chi connectivity index (χ0) is 17.9. The summed E-state index contributed by atoms with van der Waals surface area (Å²) < 4.78 is 4.94. The summed E-state index contributed by atoms with van der Waals surface area (Å²) in [7, 11) is 0. The number of benzene rings is 2. The molecule has 0 aliphatic carbocycles. The number of carbonyl (C=O) groups is 2. The maximum absolute atomic E-state index is 11.8. The molecule has 25 heavy (non-hydrogen) atoms. The molecule has 0 aliphatic heterocycles. The smallest absolute Gasteiger partial charge is 0.331 e. The second kappa shape index (κ2) is 10.1. The first kappa shape index (κ1) is 18.5. The fraction of sp³-hybridized carbons (Fsp3) is 0.238. The van der Waals surface area contributed by atoms with Crippen LogP contribution in [0.15, 0.2) is 60.7 Å². The van der Waals surface area contributed by atoms with Crippen LogP contribution >= 0.6 is 0 Å². The molecule has 2 rings (SSSR count). The van der Waals surface area contributed by atoms with Gasteiger partial charge in [-0.2, -0.15) is 0 Å². The summed E-state index contributed by atoms with van der Waals surface area (Å²) >= 11 is 0. The molecule has 0 saturated heterocycles. The van der Waals surface area contributed by atoms with Gasteiger partial charge in [0.05, 0.1) is 0 Å². The Kier molecular flexibility index (Phi) is 7.44. The van der Waals surface area contributed by atoms with Crippen LogP contribution in [-0.4, -0.2) is 18.5 Å². The molecule has 1 N–H and O–H groups in total. The molecule has 1 amide bonds. The minimum atomic E-state index is -0.547. The van der Waals surface area contributed by atoms with Gasteiger partial charge in [-0.1, -0.05) is 55.8 Å². The van der Waals surface area contributed by atoms with Crippen molar-refractivity contribution >= 4 is 23.6 Å². The number of hydrogen-bond donors (Lipinski definition) is 1. The summed E-state index contributed by atoms with van der Waals surface area (Å²) in [5, 5.41) is 2.71. The second-order valence-electron chi connectivity index (χ2n) is 5.70. The van der Waals surface area contributed by atoms with Crippen LogP contribution in [0.25, 0.3) is 6.08 Å². The predicted molar refractivity (Wildman–Crippen MR) is 100 cm³/mol. The molecule has 0 spiro atoms. The van der Waals surface area contributed by atoms with Crippen LogP contribution in [0, 0.1) is 0 Å². The van der Waals surface area contributed by atoms with E-state index in [9.17, 15) is 9.59 Å². The van der Waals surface area contributed by atoms with Crippen LogP contribution in [0.1, 0.15) is 30.9 Å². The van der Waals surface area contributed by atoms with E-state index in [1.54, 1.807) is 6.08 Å². The van der Waals surface area contributed by atoms with Gasteiger partial charge >= 0.3 is 5.97 Å². The number of aryl methyl sites for hydroxylation is 1. The van der Waals surface area contributed by atoms with Crippen LogP contribution in [0.4, 0.5) is 5.69 Å². The molecular formula is C21H23NO3. The molecule has 2 aromatic rings. The SMILES string of the molecule is CCCCc1ccc(NC(=O)COC(=O)C=Cc2ccccc2)cc1. The molecule has 0 atom stereocenters. The number of amides is 1. The summed E-state index contributed by atoms with van der Waals surface area (Å²) in [6.45, 7) is 1.85. The maximum Gasteiger partial charge on any atom is 0.331 e. The van der Waals surface area contributed by atoms with Crippen molar-refractivity contribution in [3.05, 3.63) is 71.8 Å². The average molecular weight is 337 g/mol. The molecule has 4 heteroatoms. The van der Waals surface area contributed by atoms with Crippen molar-refractivity contribution in [1.82, 2.24) is 0 Å². The highest BCUT2D eigenvalue weighted by Gasteiger charge is 2.05. The average Bonchev–Trinajstić information content (AvgIpc) is 2.65. The Morgan fingerprint density at radius 2 is 1.76 bits per heavy atom. The monoisotopic (exact) mass is 337 g/mol. The first-order valence-corrected chi connectivity index (χ1v) is 8.46. The molecule has 0 aliphatic rings. The topological polar surface area (TPSA) is 55.4 Å². The van der Waals surface area contributed by atoms with E-state index >= 15 is 0 Å². The highest BCUT2D eigenvalue weighted by atomic mass is 16.5. The number of unbranched alkanes of at least 4 members (excludes halogenated alkanes) is 1. The highest BCUT2D eigenvalue weighted by molar-refractivity contribution is 5.94. The largest absolute Gasteiger partial charge is 0.452 e. The van der Waals surface area contributed by atoms with Gasteiger partial charge in [0, 0.05) is 11.8 Å². The first-order chi connectivity index (χ1) is 12.2. The van der Waals surface area contributed by atoms with E-state index in [4.69, 9.17) is 4.74 Å². The van der Waals surface area contributed by atoms with E-state index in [0.29, 0.717) is 5.69 Å². The number of anilines is 1. The lowest BCUT2D eigenvalue weighted by Gasteiger charge is -2.06. The number of ether oxygens (including phenoxy) is 1. The Morgan fingerprint density at radius 1 is 1.04 bits per heavy atom. The fourth-order valence-electron chi connectivity index (χ4n) is 2.25. The number of nitrogens with one attached hydrogen (secondary N) is 1. The van der Waals surface area contributed by atoms with E-state index in [0.717, 1.165) is 24.8 Å². The molecule has 0 unspecified atom stereocenters. The Morgan fingerprint density at radius 3 is 2.44 bits per heavy atom. The molecule has 130 valence electrons. The van der Waals surface area contributed by atoms with Crippen molar-refractivity contribution in [3.8, 4) is 0 Å². The molecule has 0 saturated carbocycles. The zero-order valence-corrected chi connectivity index (χ0v) is 14.4. The first-order valence-electron chi connectivity index (χ1n) is 8.46. The van der Waals surface area contributed by atoms with Gasteiger partial charge in [0.25, 0.3) is 5.91 Å². The maximum atomic E-state index is 11.8. The molecule has 0 fully saturated rings. The molecule has 0 aromatic heterocycles. The van der Waals surface area contributed by atoms with E-state index in [1.165, 1.54) is 11.6 Å². The van der Waals surface area contributed by atoms with Crippen molar-refractivity contribution < 1.29 is 14.3 Å². The molecule has 4 nitrogen and oxygen atoms in total. The summed E-state index contributed by atoms with van der Waals surface area (Å²) in [5.41, 5.74) is 2.84. The molecule has 0 radical (unpaired) electrons. The lowest BCUT2D eigenvalue weighted by atomic mass is 10.1. The van der Waals surface area contributed by atoms with Crippen molar-refractivity contribution in [2.75, 3.05) is 11.9 Å². The van der Waals surface area contributed by atoms with Crippen molar-refractivity contribution in [2.45, 2.75) is 26.2 Å². The molecule has 2 aromatic carbocycles. The lowest BCUT2D eigenvalue weighted by molar-refractivity contribution is -0.142. The minimum Gasteiger partial charge on any atom is -0.452 e. The van der Waals surface area contributed by atoms with Gasteiger partial charge in [-0.15, -0.1) is 0 Å². The summed E-state index contributed by atoms with van der Waals surface area (Å²) in [5.74, 6) is -0.906. The Bertz CT molecular complexity index is 706. The third kappa shape index (κ3) is 7.04. The van der Waals surface area contributed by atoms with Crippen LogP contribution in [0.3, 0.4) is 0 Å². The van der Waals surface area contributed by atoms with Gasteiger partial charge in [-0.05, 0) is 42.2 Å². The number of hydrogen-bond acceptors (Lipinski definition) is 3. The Labute approximate surface area is 148 Å². The van der Waals surface area contributed by atoms with Crippen molar-refractivity contribution in [3.63, 3.8) is 0 Å². The van der Waals surface area contributed by atoms with E-state index in [2.05, 4.69) is 12.2 Å². The van der Waals surface area contributed by atoms with Crippen LogP contribution in [0.5, 0.6) is 0 Å². The van der Waals surface area contributed by atoms with Gasteiger partial charge in [0.15, 0.2) is 6.61 Å². The quantitative estimate of drug-likeness (QED) is 0.579. The normalized spacial score (nSPS) is 10.6. The zero-order valence-electron chi connectivity index (χ0n) is 14.4. The Balaban J connectivity index is 1.74. The van der Waals surface area contributed by atoms with Crippen LogP contribution in [-0.2, 0) is 20.7 Å². The van der Waals surface area contributed by atoms with Crippen LogP contribution < -0.4 is 5.32 Å². The third-order valence-electron chi connectivity index (χ3n) is 3.61. The highest BCUT2D eigenvalue weighted by Crippen LogP contribution is 2.11. The van der Waals surface area contributed by atoms with Gasteiger partial charge in [-0.25, -0.2) is 4.79 Å². The molecule has 0 heterocycles.